The largest absolute Gasteiger partial charge is 0.345 e. The van der Waals surface area contributed by atoms with Crippen LogP contribution in [0.1, 0.15) is 28.8 Å². The minimum atomic E-state index is -3.50. The molecule has 0 N–H and O–H groups in total. The molecule has 1 aliphatic carbocycles. The molecule has 2 fully saturated rings. The molecule has 1 saturated carbocycles. The van der Waals surface area contributed by atoms with Crippen LogP contribution in [-0.4, -0.2) is 67.8 Å². The molecule has 5 rings (SSSR count). The summed E-state index contributed by atoms with van der Waals surface area (Å²) < 4.78 is 28.0. The number of amides is 1. The van der Waals surface area contributed by atoms with E-state index in [4.69, 9.17) is 4.98 Å². The molecule has 1 saturated heterocycles. The van der Waals surface area contributed by atoms with Crippen LogP contribution >= 0.6 is 11.3 Å². The van der Waals surface area contributed by atoms with Gasteiger partial charge in [0.05, 0.1) is 15.1 Å². The third kappa shape index (κ3) is 4.00. The Morgan fingerprint density at radius 2 is 1.75 bits per heavy atom. The third-order valence-corrected chi connectivity index (χ3v) is 9.21. The molecule has 1 aliphatic heterocycles. The predicted octanol–water partition coefficient (Wildman–Crippen LogP) is 3.35. The summed E-state index contributed by atoms with van der Waals surface area (Å²) in [6.07, 6.45) is 1.82. The highest BCUT2D eigenvalue weighted by molar-refractivity contribution is 7.89. The number of anilines is 1. The summed E-state index contributed by atoms with van der Waals surface area (Å²) >= 11 is 1.69. The smallest absolute Gasteiger partial charge is 0.253 e. The van der Waals surface area contributed by atoms with Gasteiger partial charge in [0.2, 0.25) is 10.0 Å². The molecule has 0 spiro atoms. The van der Waals surface area contributed by atoms with Crippen LogP contribution in [0.2, 0.25) is 0 Å². The second-order valence-electron chi connectivity index (χ2n) is 8.52. The molecule has 0 bridgehead atoms. The van der Waals surface area contributed by atoms with Crippen molar-refractivity contribution in [3.63, 3.8) is 0 Å². The van der Waals surface area contributed by atoms with E-state index in [0.717, 1.165) is 36.6 Å². The van der Waals surface area contributed by atoms with Crippen molar-refractivity contribution in [2.45, 2.75) is 30.7 Å². The van der Waals surface area contributed by atoms with E-state index in [2.05, 4.69) is 30.0 Å². The fourth-order valence-electron chi connectivity index (χ4n) is 4.01. The minimum absolute atomic E-state index is 0.0657. The third-order valence-electron chi connectivity index (χ3n) is 6.21. The molecule has 2 aromatic carbocycles. The highest BCUT2D eigenvalue weighted by Gasteiger charge is 2.35. The van der Waals surface area contributed by atoms with Crippen molar-refractivity contribution in [1.29, 1.82) is 0 Å². The van der Waals surface area contributed by atoms with Gasteiger partial charge in [-0.05, 0) is 61.7 Å². The second kappa shape index (κ2) is 8.13. The number of piperazine rings is 1. The quantitative estimate of drug-likeness (QED) is 0.572. The normalized spacial score (nSPS) is 17.3. The molecule has 7 nitrogen and oxygen atoms in total. The van der Waals surface area contributed by atoms with E-state index in [9.17, 15) is 13.2 Å². The lowest BCUT2D eigenvalue weighted by molar-refractivity contribution is 0.0746. The zero-order valence-corrected chi connectivity index (χ0v) is 19.8. The average molecular weight is 471 g/mol. The van der Waals surface area contributed by atoms with Gasteiger partial charge in [-0.3, -0.25) is 4.79 Å². The SMILES string of the molecule is Cc1ccc2nc(N3CCN(C(=O)c4ccc(S(=O)(=O)N(C)C5CC5)cc4)CC3)sc2c1. The van der Waals surface area contributed by atoms with Crippen molar-refractivity contribution in [1.82, 2.24) is 14.2 Å². The van der Waals surface area contributed by atoms with Crippen LogP contribution in [0.15, 0.2) is 47.4 Å². The van der Waals surface area contributed by atoms with Gasteiger partial charge >= 0.3 is 0 Å². The Hall–Kier alpha value is -2.49. The second-order valence-corrected chi connectivity index (χ2v) is 11.5. The summed E-state index contributed by atoms with van der Waals surface area (Å²) in [5.74, 6) is -0.0657. The number of aromatic nitrogens is 1. The minimum Gasteiger partial charge on any atom is -0.345 e. The number of aryl methyl sites for hydroxylation is 1. The van der Waals surface area contributed by atoms with Crippen LogP contribution in [0.3, 0.4) is 0 Å². The molecule has 2 aliphatic rings. The number of thiazole rings is 1. The lowest BCUT2D eigenvalue weighted by atomic mass is 10.2. The van der Waals surface area contributed by atoms with Crippen molar-refractivity contribution in [2.75, 3.05) is 38.1 Å². The van der Waals surface area contributed by atoms with Gasteiger partial charge in [0.25, 0.3) is 5.91 Å². The van der Waals surface area contributed by atoms with Gasteiger partial charge in [-0.1, -0.05) is 17.4 Å². The van der Waals surface area contributed by atoms with Crippen LogP contribution in [0.25, 0.3) is 10.2 Å². The average Bonchev–Trinajstić information content (AvgIpc) is 3.57. The van der Waals surface area contributed by atoms with Gasteiger partial charge in [-0.25, -0.2) is 13.4 Å². The Morgan fingerprint density at radius 1 is 1.06 bits per heavy atom. The molecule has 2 heterocycles. The Morgan fingerprint density at radius 3 is 2.41 bits per heavy atom. The zero-order chi connectivity index (χ0) is 22.5. The summed E-state index contributed by atoms with van der Waals surface area (Å²) in [7, 11) is -1.88. The number of fused-ring (bicyclic) bond motifs is 1. The van der Waals surface area contributed by atoms with Gasteiger partial charge in [0.15, 0.2) is 5.13 Å². The van der Waals surface area contributed by atoms with Crippen molar-refractivity contribution < 1.29 is 13.2 Å². The number of benzene rings is 2. The van der Waals surface area contributed by atoms with Crippen molar-refractivity contribution >= 4 is 42.6 Å². The first kappa shape index (κ1) is 21.4. The van der Waals surface area contributed by atoms with Crippen LogP contribution in [0.4, 0.5) is 5.13 Å². The number of hydrogen-bond acceptors (Lipinski definition) is 6. The van der Waals surface area contributed by atoms with E-state index in [1.165, 1.54) is 14.6 Å². The number of sulfonamides is 1. The van der Waals surface area contributed by atoms with E-state index in [0.29, 0.717) is 18.7 Å². The van der Waals surface area contributed by atoms with E-state index >= 15 is 0 Å². The highest BCUT2D eigenvalue weighted by Crippen LogP contribution is 2.31. The molecule has 9 heteroatoms. The maximum Gasteiger partial charge on any atom is 0.253 e. The number of carbonyl (C=O) groups excluding carboxylic acids is 1. The standard InChI is InChI=1S/C23H26N4O3S2/c1-16-3-10-20-21(15-16)31-23(24-20)27-13-11-26(12-14-27)22(28)17-4-8-19(9-5-17)32(29,30)25(2)18-6-7-18/h3-5,8-10,15,18H,6-7,11-14H2,1-2H3. The highest BCUT2D eigenvalue weighted by atomic mass is 32.2. The van der Waals surface area contributed by atoms with E-state index < -0.39 is 10.0 Å². The summed E-state index contributed by atoms with van der Waals surface area (Å²) in [4.78, 5) is 22.0. The Kier molecular flexibility index (Phi) is 5.43. The maximum atomic E-state index is 13.0. The predicted molar refractivity (Wildman–Crippen MR) is 127 cm³/mol. The van der Waals surface area contributed by atoms with Crippen LogP contribution < -0.4 is 4.90 Å². The number of rotatable bonds is 5. The molecule has 32 heavy (non-hydrogen) atoms. The molecule has 168 valence electrons. The van der Waals surface area contributed by atoms with Gasteiger partial charge in [-0.2, -0.15) is 4.31 Å². The van der Waals surface area contributed by atoms with Gasteiger partial charge in [-0.15, -0.1) is 0 Å². The number of carbonyl (C=O) groups is 1. The molecule has 0 atom stereocenters. The van der Waals surface area contributed by atoms with Gasteiger partial charge in [0.1, 0.15) is 0 Å². The monoisotopic (exact) mass is 470 g/mol. The van der Waals surface area contributed by atoms with Gasteiger partial charge in [0, 0.05) is 44.8 Å². The van der Waals surface area contributed by atoms with Crippen LogP contribution in [-0.2, 0) is 10.0 Å². The first-order valence-corrected chi connectivity index (χ1v) is 13.1. The summed E-state index contributed by atoms with van der Waals surface area (Å²) in [5, 5.41) is 0.993. The Balaban J connectivity index is 1.24. The van der Waals surface area contributed by atoms with E-state index in [1.54, 1.807) is 42.6 Å². The van der Waals surface area contributed by atoms with Crippen molar-refractivity contribution in [2.24, 2.45) is 0 Å². The first-order chi connectivity index (χ1) is 15.3. The molecular formula is C23H26N4O3S2. The fraction of sp³-hybridized carbons (Fsp3) is 0.391. The summed E-state index contributed by atoms with van der Waals surface area (Å²) in [5.41, 5.74) is 2.75. The molecular weight excluding hydrogens is 444 g/mol. The van der Waals surface area contributed by atoms with Gasteiger partial charge < -0.3 is 9.80 Å². The topological polar surface area (TPSA) is 73.8 Å². The Bertz CT molecular complexity index is 1260. The molecule has 0 radical (unpaired) electrons. The molecule has 3 aromatic rings. The summed E-state index contributed by atoms with van der Waals surface area (Å²) in [6, 6.07) is 12.7. The lowest BCUT2D eigenvalue weighted by Crippen LogP contribution is -2.48. The molecule has 1 aromatic heterocycles. The maximum absolute atomic E-state index is 13.0. The number of nitrogens with zero attached hydrogens (tertiary/aromatic N) is 4. The molecule has 0 unspecified atom stereocenters. The zero-order valence-electron chi connectivity index (χ0n) is 18.2. The van der Waals surface area contributed by atoms with Crippen LogP contribution in [0, 0.1) is 6.92 Å². The molecule has 1 amide bonds. The fourth-order valence-corrected chi connectivity index (χ4v) is 6.54. The van der Waals surface area contributed by atoms with Crippen LogP contribution in [0.5, 0.6) is 0 Å². The Labute approximate surface area is 192 Å². The number of hydrogen-bond donors (Lipinski definition) is 0. The first-order valence-electron chi connectivity index (χ1n) is 10.8. The van der Waals surface area contributed by atoms with Crippen molar-refractivity contribution in [3.05, 3.63) is 53.6 Å². The van der Waals surface area contributed by atoms with Crippen molar-refractivity contribution in [3.8, 4) is 0 Å². The van der Waals surface area contributed by atoms with E-state index in [1.807, 2.05) is 4.90 Å². The van der Waals surface area contributed by atoms with E-state index in [-0.39, 0.29) is 16.8 Å². The lowest BCUT2D eigenvalue weighted by Gasteiger charge is -2.34. The summed E-state index contributed by atoms with van der Waals surface area (Å²) in [6.45, 7) is 4.75.